The van der Waals surface area contributed by atoms with E-state index in [0.29, 0.717) is 0 Å². The third-order valence-electron chi connectivity index (χ3n) is 6.04. The largest absolute Gasteiger partial charge is 0.352 e. The maximum Gasteiger partial charge on any atom is 0.157 e. The van der Waals surface area contributed by atoms with E-state index in [1.165, 1.54) is 64.2 Å². The van der Waals surface area contributed by atoms with Crippen molar-refractivity contribution in [3.63, 3.8) is 0 Å². The van der Waals surface area contributed by atoms with E-state index >= 15 is 0 Å². The van der Waals surface area contributed by atoms with Crippen molar-refractivity contribution in [1.82, 2.24) is 0 Å². The molecule has 2 heteroatoms. The smallest absolute Gasteiger partial charge is 0.157 e. The van der Waals surface area contributed by atoms with Crippen LogP contribution < -0.4 is 0 Å². The third kappa shape index (κ3) is 5.23. The summed E-state index contributed by atoms with van der Waals surface area (Å²) in [6.07, 6.45) is 14.8. The van der Waals surface area contributed by atoms with Gasteiger partial charge in [-0.25, -0.2) is 0 Å². The summed E-state index contributed by atoms with van der Waals surface area (Å²) < 4.78 is 12.1. The van der Waals surface area contributed by atoms with Crippen LogP contribution in [0.1, 0.15) is 91.4 Å². The lowest BCUT2D eigenvalue weighted by Gasteiger charge is -2.45. The molecule has 1 saturated heterocycles. The Hall–Kier alpha value is -0.0800. The maximum atomic E-state index is 6.06. The zero-order valence-electron chi connectivity index (χ0n) is 15.2. The first kappa shape index (κ1) is 18.3. The van der Waals surface area contributed by atoms with Gasteiger partial charge in [0.05, 0.1) is 13.2 Å². The van der Waals surface area contributed by atoms with E-state index in [-0.39, 0.29) is 11.7 Å². The molecule has 22 heavy (non-hydrogen) atoms. The van der Waals surface area contributed by atoms with E-state index in [0.717, 1.165) is 31.5 Å². The van der Waals surface area contributed by atoms with Crippen LogP contribution in [0.2, 0.25) is 0 Å². The van der Waals surface area contributed by atoms with Gasteiger partial charge in [-0.15, -0.1) is 0 Å². The Morgan fingerprint density at radius 2 is 1.45 bits per heavy atom. The molecule has 2 nitrogen and oxygen atoms in total. The van der Waals surface area contributed by atoms with Crippen LogP contribution in [0.5, 0.6) is 0 Å². The average molecular weight is 311 g/mol. The minimum absolute atomic E-state index is 0.0699. The minimum atomic E-state index is 0.0699. The topological polar surface area (TPSA) is 18.5 Å². The number of rotatable bonds is 8. The average Bonchev–Trinajstić information content (AvgIpc) is 2.55. The Bertz CT molecular complexity index is 286. The summed E-state index contributed by atoms with van der Waals surface area (Å²) in [4.78, 5) is 0. The molecule has 0 aromatic heterocycles. The molecule has 1 aliphatic heterocycles. The molecule has 0 bridgehead atoms. The van der Waals surface area contributed by atoms with Crippen LogP contribution in [0.3, 0.4) is 0 Å². The predicted molar refractivity (Wildman–Crippen MR) is 92.9 cm³/mol. The van der Waals surface area contributed by atoms with Crippen molar-refractivity contribution in [3.05, 3.63) is 0 Å². The first-order valence-electron chi connectivity index (χ1n) is 9.91. The Labute approximate surface area is 138 Å². The molecular weight excluding hydrogens is 272 g/mol. The van der Waals surface area contributed by atoms with Gasteiger partial charge in [-0.05, 0) is 37.5 Å². The zero-order valence-corrected chi connectivity index (χ0v) is 15.2. The minimum Gasteiger partial charge on any atom is -0.352 e. The first-order valence-corrected chi connectivity index (χ1v) is 9.91. The predicted octanol–water partition coefficient (Wildman–Crippen LogP) is 5.94. The molecule has 1 heterocycles. The van der Waals surface area contributed by atoms with E-state index in [1.807, 2.05) is 0 Å². The molecule has 0 aromatic carbocycles. The lowest BCUT2D eigenvalue weighted by molar-refractivity contribution is -0.241. The van der Waals surface area contributed by atoms with Gasteiger partial charge in [0, 0.05) is 5.41 Å². The van der Waals surface area contributed by atoms with Crippen LogP contribution in [0.25, 0.3) is 0 Å². The van der Waals surface area contributed by atoms with Crippen molar-refractivity contribution in [3.8, 4) is 0 Å². The summed E-state index contributed by atoms with van der Waals surface area (Å²) in [6, 6.07) is 0. The quantitative estimate of drug-likeness (QED) is 0.516. The highest BCUT2D eigenvalue weighted by Crippen LogP contribution is 2.43. The van der Waals surface area contributed by atoms with Crippen molar-refractivity contribution >= 4 is 0 Å². The van der Waals surface area contributed by atoms with Gasteiger partial charge >= 0.3 is 0 Å². The molecule has 0 aromatic rings. The zero-order chi connectivity index (χ0) is 15.8. The molecule has 130 valence electrons. The van der Waals surface area contributed by atoms with Crippen molar-refractivity contribution in [1.29, 1.82) is 0 Å². The summed E-state index contributed by atoms with van der Waals surface area (Å²) in [5.74, 6) is 1.80. The normalized spacial score (nSPS) is 36.4. The second-order valence-electron chi connectivity index (χ2n) is 8.06. The number of unbranched alkanes of at least 4 members (excludes halogenated alkanes) is 3. The number of hydrogen-bond acceptors (Lipinski definition) is 2. The van der Waals surface area contributed by atoms with Crippen LogP contribution in [0.4, 0.5) is 0 Å². The molecule has 2 fully saturated rings. The van der Waals surface area contributed by atoms with Gasteiger partial charge in [0.15, 0.2) is 6.29 Å². The fourth-order valence-electron chi connectivity index (χ4n) is 4.26. The monoisotopic (exact) mass is 310 g/mol. The van der Waals surface area contributed by atoms with Crippen molar-refractivity contribution in [2.45, 2.75) is 97.7 Å². The second-order valence-corrected chi connectivity index (χ2v) is 8.06. The standard InChI is InChI=1S/C20H38O2/c1-4-6-8-10-19-21-15-20(3,16-22-19)18-13-11-17(12-14-18)9-7-5-2/h17-19H,4-16H2,1-3H3. The molecule has 2 aliphatic rings. The molecule has 1 saturated carbocycles. The van der Waals surface area contributed by atoms with Gasteiger partial charge in [-0.3, -0.25) is 0 Å². The van der Waals surface area contributed by atoms with E-state index < -0.39 is 0 Å². The van der Waals surface area contributed by atoms with Gasteiger partial charge in [-0.1, -0.05) is 65.7 Å². The van der Waals surface area contributed by atoms with Gasteiger partial charge < -0.3 is 9.47 Å². The summed E-state index contributed by atoms with van der Waals surface area (Å²) in [6.45, 7) is 8.77. The summed E-state index contributed by atoms with van der Waals surface area (Å²) in [7, 11) is 0. The summed E-state index contributed by atoms with van der Waals surface area (Å²) in [5.41, 5.74) is 0.261. The van der Waals surface area contributed by atoms with Crippen LogP contribution >= 0.6 is 0 Å². The van der Waals surface area contributed by atoms with Gasteiger partial charge in [0.25, 0.3) is 0 Å². The van der Waals surface area contributed by atoms with Gasteiger partial charge in [0.2, 0.25) is 0 Å². The van der Waals surface area contributed by atoms with Crippen LogP contribution in [-0.4, -0.2) is 19.5 Å². The SMILES string of the molecule is CCCCCC1OCC(C)(C2CCC(CCCC)CC2)CO1. The Balaban J connectivity index is 1.70. The van der Waals surface area contributed by atoms with E-state index in [2.05, 4.69) is 20.8 Å². The molecule has 0 atom stereocenters. The number of ether oxygens (including phenoxy) is 2. The van der Waals surface area contributed by atoms with Crippen molar-refractivity contribution in [2.75, 3.05) is 13.2 Å². The van der Waals surface area contributed by atoms with E-state index in [1.54, 1.807) is 0 Å². The summed E-state index contributed by atoms with van der Waals surface area (Å²) >= 11 is 0. The van der Waals surface area contributed by atoms with Crippen molar-refractivity contribution in [2.24, 2.45) is 17.3 Å². The van der Waals surface area contributed by atoms with Gasteiger partial charge in [-0.2, -0.15) is 0 Å². The van der Waals surface area contributed by atoms with Crippen LogP contribution in [0, 0.1) is 17.3 Å². The van der Waals surface area contributed by atoms with Crippen molar-refractivity contribution < 1.29 is 9.47 Å². The Morgan fingerprint density at radius 3 is 2.05 bits per heavy atom. The molecule has 0 N–H and O–H groups in total. The third-order valence-corrected chi connectivity index (χ3v) is 6.04. The lowest BCUT2D eigenvalue weighted by atomic mass is 9.67. The van der Waals surface area contributed by atoms with Crippen LogP contribution in [0.15, 0.2) is 0 Å². The molecule has 0 radical (unpaired) electrons. The molecule has 2 rings (SSSR count). The molecular formula is C20H38O2. The maximum absolute atomic E-state index is 6.06. The fourth-order valence-corrected chi connectivity index (χ4v) is 4.26. The highest BCUT2D eigenvalue weighted by Gasteiger charge is 2.40. The highest BCUT2D eigenvalue weighted by atomic mass is 16.7. The Morgan fingerprint density at radius 1 is 0.818 bits per heavy atom. The molecule has 0 amide bonds. The molecule has 1 aliphatic carbocycles. The second kappa shape index (κ2) is 9.27. The molecule has 0 unspecified atom stereocenters. The van der Waals surface area contributed by atoms with E-state index in [4.69, 9.17) is 9.47 Å². The summed E-state index contributed by atoms with van der Waals surface area (Å²) in [5, 5.41) is 0. The Kier molecular flexibility index (Phi) is 7.70. The van der Waals surface area contributed by atoms with Gasteiger partial charge in [0.1, 0.15) is 0 Å². The first-order chi connectivity index (χ1) is 10.7. The van der Waals surface area contributed by atoms with Crippen LogP contribution in [-0.2, 0) is 9.47 Å². The fraction of sp³-hybridized carbons (Fsp3) is 1.00. The highest BCUT2D eigenvalue weighted by molar-refractivity contribution is 4.88. The number of hydrogen-bond donors (Lipinski definition) is 0. The van der Waals surface area contributed by atoms with E-state index in [9.17, 15) is 0 Å². The molecule has 0 spiro atoms. The lowest BCUT2D eigenvalue weighted by Crippen LogP contribution is -2.45.